The van der Waals surface area contributed by atoms with E-state index in [1.807, 2.05) is 48.5 Å². The van der Waals surface area contributed by atoms with Crippen LogP contribution in [0.2, 0.25) is 0 Å². The Hall–Kier alpha value is -0.690. The molecule has 0 fully saturated rings. The molecule has 0 heterocycles. The van der Waals surface area contributed by atoms with Gasteiger partial charge in [-0.1, -0.05) is 0 Å². The lowest BCUT2D eigenvalue weighted by atomic mass is 10.1. The number of hydrogen-bond donors (Lipinski definition) is 1. The molecule has 0 aromatic heterocycles. The highest BCUT2D eigenvalue weighted by Gasteiger charge is 2.22. The first-order valence-electron chi connectivity index (χ1n) is 8.75. The van der Waals surface area contributed by atoms with Gasteiger partial charge in [0.25, 0.3) is 0 Å². The molecule has 0 radical (unpaired) electrons. The van der Waals surface area contributed by atoms with Crippen LogP contribution in [0.5, 0.6) is 0 Å². The third-order valence-corrected chi connectivity index (χ3v) is 3.36. The molecule has 0 aliphatic rings. The normalized spacial score (nSPS) is 12.7. The van der Waals surface area contributed by atoms with Crippen LogP contribution in [0, 0.1) is 0 Å². The predicted molar refractivity (Wildman–Crippen MR) is 95.1 cm³/mol. The van der Waals surface area contributed by atoms with Crippen LogP contribution in [0.25, 0.3) is 0 Å². The van der Waals surface area contributed by atoms with Gasteiger partial charge in [0.1, 0.15) is 6.61 Å². The smallest absolute Gasteiger partial charge is 0.248 e. The van der Waals surface area contributed by atoms with Crippen LogP contribution in [0.4, 0.5) is 0 Å². The first-order chi connectivity index (χ1) is 11.0. The minimum Gasteiger partial charge on any atom is -0.395 e. The molecule has 0 spiro atoms. The minimum absolute atomic E-state index is 0.00973. The van der Waals surface area contributed by atoms with E-state index in [1.165, 1.54) is 0 Å². The second-order valence-corrected chi connectivity index (χ2v) is 7.78. The number of nitrogens with zero attached hydrogens (tertiary/aromatic N) is 1. The minimum atomic E-state index is -0.433. The number of aliphatic hydroxyl groups excluding tert-OH is 1. The number of hydrogen-bond acceptors (Lipinski definition) is 5. The lowest BCUT2D eigenvalue weighted by Gasteiger charge is -2.29. The van der Waals surface area contributed by atoms with Crippen molar-refractivity contribution in [2.45, 2.75) is 72.2 Å². The zero-order valence-corrected chi connectivity index (χ0v) is 16.6. The third kappa shape index (κ3) is 12.7. The molecule has 0 aromatic rings. The highest BCUT2D eigenvalue weighted by molar-refractivity contribution is 5.77. The van der Waals surface area contributed by atoms with E-state index < -0.39 is 5.60 Å². The Morgan fingerprint density at radius 1 is 1.04 bits per heavy atom. The summed E-state index contributed by atoms with van der Waals surface area (Å²) in [5.41, 5.74) is -0.680. The predicted octanol–water partition coefficient (Wildman–Crippen LogP) is 2.23. The molecule has 144 valence electrons. The standard InChI is InChI=1S/C18H37NO5/c1-15(2)22-12-8-18(6,7)24-14-16(21)19(9-11-20)10-13-23-17(3,4)5/h15,20H,8-14H2,1-7H3. The van der Waals surface area contributed by atoms with Crippen molar-refractivity contribution in [3.63, 3.8) is 0 Å². The van der Waals surface area contributed by atoms with Crippen molar-refractivity contribution < 1.29 is 24.1 Å². The lowest BCUT2D eigenvalue weighted by Crippen LogP contribution is -2.41. The van der Waals surface area contributed by atoms with E-state index in [-0.39, 0.29) is 37.4 Å². The zero-order chi connectivity index (χ0) is 18.8. The fourth-order valence-electron chi connectivity index (χ4n) is 1.90. The van der Waals surface area contributed by atoms with Crippen molar-refractivity contribution >= 4 is 5.91 Å². The maximum absolute atomic E-state index is 12.3. The summed E-state index contributed by atoms with van der Waals surface area (Å²) >= 11 is 0. The fraction of sp³-hybridized carbons (Fsp3) is 0.944. The monoisotopic (exact) mass is 347 g/mol. The molecule has 0 saturated heterocycles. The molecule has 0 bridgehead atoms. The zero-order valence-electron chi connectivity index (χ0n) is 16.6. The Morgan fingerprint density at radius 2 is 1.67 bits per heavy atom. The second-order valence-electron chi connectivity index (χ2n) is 7.78. The number of aliphatic hydroxyl groups is 1. The van der Waals surface area contributed by atoms with Crippen LogP contribution < -0.4 is 0 Å². The number of carbonyl (C=O) groups is 1. The van der Waals surface area contributed by atoms with E-state index in [2.05, 4.69) is 0 Å². The van der Waals surface area contributed by atoms with E-state index in [9.17, 15) is 4.79 Å². The van der Waals surface area contributed by atoms with Crippen molar-refractivity contribution in [3.8, 4) is 0 Å². The Morgan fingerprint density at radius 3 is 2.17 bits per heavy atom. The summed E-state index contributed by atoms with van der Waals surface area (Å²) in [5.74, 6) is -0.139. The summed E-state index contributed by atoms with van der Waals surface area (Å²) < 4.78 is 16.9. The van der Waals surface area contributed by atoms with Gasteiger partial charge < -0.3 is 24.2 Å². The Bertz CT molecular complexity index is 350. The van der Waals surface area contributed by atoms with Gasteiger partial charge in [0, 0.05) is 19.7 Å². The van der Waals surface area contributed by atoms with E-state index in [4.69, 9.17) is 19.3 Å². The van der Waals surface area contributed by atoms with Crippen LogP contribution in [0.1, 0.15) is 54.9 Å². The van der Waals surface area contributed by atoms with E-state index >= 15 is 0 Å². The van der Waals surface area contributed by atoms with Crippen molar-refractivity contribution in [2.75, 3.05) is 39.5 Å². The average Bonchev–Trinajstić information content (AvgIpc) is 2.42. The van der Waals surface area contributed by atoms with E-state index in [0.29, 0.717) is 26.2 Å². The number of carbonyl (C=O) groups excluding carboxylic acids is 1. The van der Waals surface area contributed by atoms with Crippen molar-refractivity contribution in [2.24, 2.45) is 0 Å². The highest BCUT2D eigenvalue weighted by Crippen LogP contribution is 2.15. The van der Waals surface area contributed by atoms with Gasteiger partial charge in [0.2, 0.25) is 5.91 Å². The summed E-state index contributed by atoms with van der Waals surface area (Å²) in [6.07, 6.45) is 0.899. The van der Waals surface area contributed by atoms with Crippen LogP contribution in [-0.2, 0) is 19.0 Å². The van der Waals surface area contributed by atoms with Crippen molar-refractivity contribution in [3.05, 3.63) is 0 Å². The summed E-state index contributed by atoms with van der Waals surface area (Å²) in [5, 5.41) is 9.15. The number of ether oxygens (including phenoxy) is 3. The van der Waals surface area contributed by atoms with Gasteiger partial charge in [-0.3, -0.25) is 4.79 Å². The van der Waals surface area contributed by atoms with Gasteiger partial charge in [-0.2, -0.15) is 0 Å². The summed E-state index contributed by atoms with van der Waals surface area (Å²) in [6.45, 7) is 15.4. The SMILES string of the molecule is CC(C)OCCC(C)(C)OCC(=O)N(CCO)CCOC(C)(C)C. The molecule has 0 aliphatic carbocycles. The topological polar surface area (TPSA) is 68.2 Å². The number of rotatable bonds is 12. The Kier molecular flexibility index (Phi) is 10.7. The lowest BCUT2D eigenvalue weighted by molar-refractivity contribution is -0.145. The van der Waals surface area contributed by atoms with Gasteiger partial charge >= 0.3 is 0 Å². The van der Waals surface area contributed by atoms with Gasteiger partial charge in [0.05, 0.1) is 30.5 Å². The maximum Gasteiger partial charge on any atom is 0.248 e. The molecule has 0 aromatic carbocycles. The molecular weight excluding hydrogens is 310 g/mol. The summed E-state index contributed by atoms with van der Waals surface area (Å²) in [7, 11) is 0. The summed E-state index contributed by atoms with van der Waals surface area (Å²) in [4.78, 5) is 13.9. The average molecular weight is 347 g/mol. The molecule has 24 heavy (non-hydrogen) atoms. The van der Waals surface area contributed by atoms with Crippen LogP contribution in [0.15, 0.2) is 0 Å². The van der Waals surface area contributed by atoms with Gasteiger partial charge in [0.15, 0.2) is 0 Å². The van der Waals surface area contributed by atoms with Crippen molar-refractivity contribution in [1.82, 2.24) is 4.90 Å². The van der Waals surface area contributed by atoms with Crippen molar-refractivity contribution in [1.29, 1.82) is 0 Å². The molecule has 6 heteroatoms. The molecule has 0 aliphatic heterocycles. The molecule has 0 atom stereocenters. The molecule has 0 rings (SSSR count). The first kappa shape index (κ1) is 23.3. The van der Waals surface area contributed by atoms with E-state index in [1.54, 1.807) is 4.90 Å². The van der Waals surface area contributed by atoms with Gasteiger partial charge in [-0.15, -0.1) is 0 Å². The van der Waals surface area contributed by atoms with Gasteiger partial charge in [-0.05, 0) is 54.9 Å². The molecule has 0 saturated carbocycles. The van der Waals surface area contributed by atoms with Gasteiger partial charge in [-0.25, -0.2) is 0 Å². The molecule has 1 N–H and O–H groups in total. The molecule has 0 unspecified atom stereocenters. The fourth-order valence-corrected chi connectivity index (χ4v) is 1.90. The molecule has 6 nitrogen and oxygen atoms in total. The Labute approximate surface area is 147 Å². The largest absolute Gasteiger partial charge is 0.395 e. The van der Waals surface area contributed by atoms with E-state index in [0.717, 1.165) is 0 Å². The quantitative estimate of drug-likeness (QED) is 0.586. The number of amides is 1. The highest BCUT2D eigenvalue weighted by atomic mass is 16.5. The molecular formula is C18H37NO5. The Balaban J connectivity index is 4.29. The van der Waals surface area contributed by atoms with Crippen LogP contribution in [-0.4, -0.2) is 72.7 Å². The van der Waals surface area contributed by atoms with Crippen LogP contribution in [0.3, 0.4) is 0 Å². The maximum atomic E-state index is 12.3. The second kappa shape index (κ2) is 11.0. The van der Waals surface area contributed by atoms with Crippen LogP contribution >= 0.6 is 0 Å². The molecule has 1 amide bonds. The first-order valence-corrected chi connectivity index (χ1v) is 8.75. The summed E-state index contributed by atoms with van der Waals surface area (Å²) in [6, 6.07) is 0. The third-order valence-electron chi connectivity index (χ3n) is 3.36.